The van der Waals surface area contributed by atoms with E-state index in [0.717, 1.165) is 78.2 Å². The summed E-state index contributed by atoms with van der Waals surface area (Å²) < 4.78 is 6.66. The highest BCUT2D eigenvalue weighted by Gasteiger charge is 2.25. The molecular weight excluding hydrogens is 635 g/mol. The molecule has 0 bridgehead atoms. The second-order valence-corrected chi connectivity index (χ2v) is 13.0. The molecule has 0 amide bonds. The van der Waals surface area contributed by atoms with Gasteiger partial charge in [0.25, 0.3) is 0 Å². The third-order valence-electron chi connectivity index (χ3n) is 9.87. The van der Waals surface area contributed by atoms with E-state index in [0.29, 0.717) is 5.82 Å². The van der Waals surface area contributed by atoms with Crippen LogP contribution in [0.2, 0.25) is 0 Å². The highest BCUT2D eigenvalue weighted by molar-refractivity contribution is 6.10. The van der Waals surface area contributed by atoms with Crippen molar-refractivity contribution in [2.24, 2.45) is 0 Å². The van der Waals surface area contributed by atoms with Crippen LogP contribution in [0.15, 0.2) is 188 Å². The Morgan fingerprint density at radius 2 is 1.00 bits per heavy atom. The van der Waals surface area contributed by atoms with Gasteiger partial charge in [0.2, 0.25) is 0 Å². The van der Waals surface area contributed by atoms with Crippen molar-refractivity contribution >= 4 is 38.7 Å². The molecule has 0 spiro atoms. The third kappa shape index (κ3) is 5.09. The molecule has 244 valence electrons. The third-order valence-corrected chi connectivity index (χ3v) is 9.87. The van der Waals surface area contributed by atoms with Gasteiger partial charge in [-0.3, -0.25) is 0 Å². The van der Waals surface area contributed by atoms with Crippen LogP contribution in [-0.2, 0) is 0 Å². The minimum atomic E-state index is 0.690. The van der Waals surface area contributed by atoms with Gasteiger partial charge in [-0.05, 0) is 82.7 Å². The zero-order valence-corrected chi connectivity index (χ0v) is 28.1. The van der Waals surface area contributed by atoms with E-state index in [4.69, 9.17) is 14.7 Å². The maximum absolute atomic E-state index is 6.66. The maximum atomic E-state index is 6.66. The molecule has 4 nitrogen and oxygen atoms in total. The first-order valence-corrected chi connectivity index (χ1v) is 17.5. The first-order chi connectivity index (χ1) is 25.8. The molecule has 0 saturated carbocycles. The van der Waals surface area contributed by atoms with Gasteiger partial charge < -0.3 is 9.64 Å². The Balaban J connectivity index is 1.11. The number of aromatic nitrogens is 2. The van der Waals surface area contributed by atoms with Crippen molar-refractivity contribution in [2.75, 3.05) is 4.90 Å². The van der Waals surface area contributed by atoms with Crippen molar-refractivity contribution in [1.29, 1.82) is 0 Å². The van der Waals surface area contributed by atoms with Crippen molar-refractivity contribution in [1.82, 2.24) is 9.97 Å². The lowest BCUT2D eigenvalue weighted by molar-refractivity contribution is 0.487. The van der Waals surface area contributed by atoms with Crippen LogP contribution < -0.4 is 9.64 Å². The molecule has 1 aliphatic rings. The number of hydrogen-bond donors (Lipinski definition) is 0. The second-order valence-electron chi connectivity index (χ2n) is 13.0. The van der Waals surface area contributed by atoms with E-state index in [9.17, 15) is 0 Å². The van der Waals surface area contributed by atoms with Crippen LogP contribution in [0.4, 0.5) is 17.1 Å². The summed E-state index contributed by atoms with van der Waals surface area (Å²) in [6.07, 6.45) is 0. The lowest BCUT2D eigenvalue weighted by Crippen LogP contribution is -2.10. The molecule has 0 radical (unpaired) electrons. The molecule has 1 aliphatic heterocycles. The fourth-order valence-electron chi connectivity index (χ4n) is 7.42. The maximum Gasteiger partial charge on any atom is 0.161 e. The van der Waals surface area contributed by atoms with Gasteiger partial charge in [-0.25, -0.2) is 9.97 Å². The number of fused-ring (bicyclic) bond motifs is 3. The van der Waals surface area contributed by atoms with Gasteiger partial charge >= 0.3 is 0 Å². The number of ether oxygens (including phenoxy) is 1. The minimum Gasteiger partial charge on any atom is -0.456 e. The molecule has 0 atom stereocenters. The molecule has 0 saturated heterocycles. The summed E-state index contributed by atoms with van der Waals surface area (Å²) in [4.78, 5) is 12.6. The molecule has 1 aromatic heterocycles. The van der Waals surface area contributed by atoms with Crippen LogP contribution in [0, 0.1) is 0 Å². The number of benzene rings is 8. The van der Waals surface area contributed by atoms with Crippen molar-refractivity contribution in [3.8, 4) is 56.4 Å². The summed E-state index contributed by atoms with van der Waals surface area (Å²) in [6, 6.07) is 65.5. The van der Waals surface area contributed by atoms with Crippen LogP contribution in [0.25, 0.3) is 66.6 Å². The molecule has 2 heterocycles. The van der Waals surface area contributed by atoms with E-state index in [-0.39, 0.29) is 0 Å². The molecule has 9 aromatic rings. The number of hydrogen-bond acceptors (Lipinski definition) is 4. The molecule has 0 fully saturated rings. The van der Waals surface area contributed by atoms with Gasteiger partial charge in [-0.1, -0.05) is 127 Å². The zero-order chi connectivity index (χ0) is 34.4. The number of rotatable bonds is 6. The molecule has 0 aliphatic carbocycles. The number of anilines is 3. The quantitative estimate of drug-likeness (QED) is 0.177. The highest BCUT2D eigenvalue weighted by atomic mass is 16.5. The van der Waals surface area contributed by atoms with E-state index in [1.807, 2.05) is 24.3 Å². The Kier molecular flexibility index (Phi) is 7.10. The first kappa shape index (κ1) is 29.8. The van der Waals surface area contributed by atoms with Gasteiger partial charge in [0.15, 0.2) is 5.82 Å². The Bertz CT molecular complexity index is 2750. The Labute approximate surface area is 301 Å². The molecule has 0 N–H and O–H groups in total. The van der Waals surface area contributed by atoms with Crippen LogP contribution in [-0.4, -0.2) is 9.97 Å². The summed E-state index contributed by atoms with van der Waals surface area (Å²) in [5, 5.41) is 3.14. The van der Waals surface area contributed by atoms with Crippen LogP contribution in [0.1, 0.15) is 0 Å². The molecule has 52 heavy (non-hydrogen) atoms. The lowest BCUT2D eigenvalue weighted by Gasteiger charge is -2.28. The van der Waals surface area contributed by atoms with Crippen molar-refractivity contribution in [3.63, 3.8) is 0 Å². The van der Waals surface area contributed by atoms with Crippen molar-refractivity contribution < 1.29 is 4.74 Å². The Morgan fingerprint density at radius 1 is 0.385 bits per heavy atom. The summed E-state index contributed by atoms with van der Waals surface area (Å²) in [5.74, 6) is 2.35. The van der Waals surface area contributed by atoms with Gasteiger partial charge in [-0.15, -0.1) is 0 Å². The van der Waals surface area contributed by atoms with Gasteiger partial charge in [0.05, 0.1) is 11.2 Å². The van der Waals surface area contributed by atoms with E-state index in [1.54, 1.807) is 0 Å². The average molecular weight is 666 g/mol. The predicted molar refractivity (Wildman–Crippen MR) is 214 cm³/mol. The summed E-state index contributed by atoms with van der Waals surface area (Å²) in [7, 11) is 0. The van der Waals surface area contributed by atoms with Crippen molar-refractivity contribution in [2.45, 2.75) is 0 Å². The van der Waals surface area contributed by atoms with E-state index in [2.05, 4.69) is 169 Å². The van der Waals surface area contributed by atoms with Gasteiger partial charge in [0, 0.05) is 44.5 Å². The van der Waals surface area contributed by atoms with Gasteiger partial charge in [0.1, 0.15) is 11.5 Å². The van der Waals surface area contributed by atoms with E-state index >= 15 is 0 Å². The highest BCUT2D eigenvalue weighted by Crippen LogP contribution is 2.50. The normalized spacial score (nSPS) is 11.6. The molecular formula is C48H31N3O. The minimum absolute atomic E-state index is 0.690. The van der Waals surface area contributed by atoms with Crippen LogP contribution >= 0.6 is 0 Å². The van der Waals surface area contributed by atoms with Crippen LogP contribution in [0.5, 0.6) is 11.5 Å². The van der Waals surface area contributed by atoms with Gasteiger partial charge in [-0.2, -0.15) is 0 Å². The fourth-order valence-corrected chi connectivity index (χ4v) is 7.42. The SMILES string of the molecule is c1ccc(-c2ccc(N(c3ccccc3)c3ccc4c(c3)-c3cccc5c(-c6nc(-c7ccccc7)c7ccccc7n6)ccc(c35)O4)cc2)cc1. The predicted octanol–water partition coefficient (Wildman–Crippen LogP) is 13.0. The van der Waals surface area contributed by atoms with Crippen molar-refractivity contribution in [3.05, 3.63) is 188 Å². The first-order valence-electron chi connectivity index (χ1n) is 17.5. The number of para-hydroxylation sites is 2. The average Bonchev–Trinajstić information content (AvgIpc) is 3.22. The number of nitrogens with zero attached hydrogens (tertiary/aromatic N) is 3. The summed E-state index contributed by atoms with van der Waals surface area (Å²) in [5.41, 5.74) is 11.6. The van der Waals surface area contributed by atoms with E-state index in [1.165, 1.54) is 11.1 Å². The molecule has 8 aromatic carbocycles. The standard InChI is InChI=1S/C48H31N3O/c1-4-13-32(14-5-1)33-23-25-36(26-24-33)51(35-17-8-3-9-18-35)37-27-29-44-42(31-37)39-21-12-20-38-40(28-30-45(52-44)46(38)39)48-49-43-22-11-10-19-41(43)47(50-48)34-15-6-2-7-16-34/h1-31H. The van der Waals surface area contributed by atoms with E-state index < -0.39 is 0 Å². The smallest absolute Gasteiger partial charge is 0.161 e. The monoisotopic (exact) mass is 665 g/mol. The second kappa shape index (κ2) is 12.4. The topological polar surface area (TPSA) is 38.2 Å². The zero-order valence-electron chi connectivity index (χ0n) is 28.1. The molecule has 10 rings (SSSR count). The van der Waals surface area contributed by atoms with Crippen LogP contribution in [0.3, 0.4) is 0 Å². The molecule has 4 heteroatoms. The molecule has 0 unspecified atom stereocenters. The largest absolute Gasteiger partial charge is 0.456 e. The fraction of sp³-hybridized carbons (Fsp3) is 0. The summed E-state index contributed by atoms with van der Waals surface area (Å²) >= 11 is 0. The Hall–Kier alpha value is -7.04. The lowest BCUT2D eigenvalue weighted by atomic mass is 9.91. The Morgan fingerprint density at radius 3 is 1.79 bits per heavy atom. The summed E-state index contributed by atoms with van der Waals surface area (Å²) in [6.45, 7) is 0.